The lowest BCUT2D eigenvalue weighted by atomic mass is 9.86. The van der Waals surface area contributed by atoms with Crippen molar-refractivity contribution in [1.29, 1.82) is 0 Å². The highest BCUT2D eigenvalue weighted by Gasteiger charge is 2.11. The summed E-state index contributed by atoms with van der Waals surface area (Å²) >= 11 is 0. The molecule has 0 spiro atoms. The Morgan fingerprint density at radius 2 is 2.00 bits per heavy atom. The predicted molar refractivity (Wildman–Crippen MR) is 52.6 cm³/mol. The number of hydrogen-bond donors (Lipinski definition) is 1. The lowest BCUT2D eigenvalue weighted by Crippen LogP contribution is -2.05. The first-order chi connectivity index (χ1) is 6.29. The molecule has 1 aliphatic rings. The fourth-order valence-corrected chi connectivity index (χ4v) is 1.99. The van der Waals surface area contributed by atoms with E-state index in [2.05, 4.69) is 0 Å². The van der Waals surface area contributed by atoms with Crippen molar-refractivity contribution in [2.24, 2.45) is 5.92 Å². The predicted octanol–water partition coefficient (Wildman–Crippen LogP) is 2.99. The molecule has 0 radical (unpaired) electrons. The van der Waals surface area contributed by atoms with Crippen LogP contribution in [0.2, 0.25) is 0 Å². The topological polar surface area (TPSA) is 37.3 Å². The number of aliphatic carboxylic acids is 1. The Labute approximate surface area is 79.6 Å². The lowest BCUT2D eigenvalue weighted by molar-refractivity contribution is -0.131. The van der Waals surface area contributed by atoms with Crippen LogP contribution in [0.25, 0.3) is 0 Å². The monoisotopic (exact) mass is 182 g/mol. The van der Waals surface area contributed by atoms with Gasteiger partial charge in [-0.05, 0) is 18.8 Å². The van der Waals surface area contributed by atoms with E-state index in [-0.39, 0.29) is 0 Å². The summed E-state index contributed by atoms with van der Waals surface area (Å²) in [5.74, 6) is 0.0239. The SMILES string of the molecule is O=C(O)/C=C/CCC1CCCCC1. The molecule has 0 aromatic rings. The maximum Gasteiger partial charge on any atom is 0.327 e. The van der Waals surface area contributed by atoms with Crippen LogP contribution in [0.15, 0.2) is 12.2 Å². The normalized spacial score (nSPS) is 19.4. The van der Waals surface area contributed by atoms with Crippen molar-refractivity contribution < 1.29 is 9.90 Å². The zero-order valence-corrected chi connectivity index (χ0v) is 8.04. The summed E-state index contributed by atoms with van der Waals surface area (Å²) in [6.07, 6.45) is 11.9. The summed E-state index contributed by atoms with van der Waals surface area (Å²) in [5, 5.41) is 8.36. The van der Waals surface area contributed by atoms with Crippen molar-refractivity contribution >= 4 is 5.97 Å². The van der Waals surface area contributed by atoms with Gasteiger partial charge in [0.1, 0.15) is 0 Å². The van der Waals surface area contributed by atoms with Gasteiger partial charge in [-0.2, -0.15) is 0 Å². The minimum atomic E-state index is -0.830. The van der Waals surface area contributed by atoms with Crippen LogP contribution < -0.4 is 0 Å². The van der Waals surface area contributed by atoms with Gasteiger partial charge in [-0.25, -0.2) is 4.79 Å². The average molecular weight is 182 g/mol. The molecule has 1 fully saturated rings. The van der Waals surface area contributed by atoms with Crippen LogP contribution in [0, 0.1) is 5.92 Å². The van der Waals surface area contributed by atoms with Gasteiger partial charge in [-0.3, -0.25) is 0 Å². The van der Waals surface area contributed by atoms with Gasteiger partial charge in [0, 0.05) is 6.08 Å². The van der Waals surface area contributed by atoms with Gasteiger partial charge < -0.3 is 5.11 Å². The summed E-state index contributed by atoms with van der Waals surface area (Å²) in [7, 11) is 0. The maximum atomic E-state index is 10.2. The second kappa shape index (κ2) is 5.79. The molecule has 0 aromatic heterocycles. The van der Waals surface area contributed by atoms with E-state index in [0.717, 1.165) is 12.3 Å². The van der Waals surface area contributed by atoms with Gasteiger partial charge in [-0.15, -0.1) is 0 Å². The van der Waals surface area contributed by atoms with Crippen molar-refractivity contribution in [3.63, 3.8) is 0 Å². The number of carboxylic acids is 1. The molecule has 0 heterocycles. The van der Waals surface area contributed by atoms with Crippen LogP contribution in [0.3, 0.4) is 0 Å². The molecule has 1 aliphatic carbocycles. The van der Waals surface area contributed by atoms with Crippen LogP contribution in [-0.2, 0) is 4.79 Å². The molecule has 1 N–H and O–H groups in total. The van der Waals surface area contributed by atoms with E-state index in [1.807, 2.05) is 0 Å². The Hall–Kier alpha value is -0.790. The molecule has 13 heavy (non-hydrogen) atoms. The molecule has 0 atom stereocenters. The summed E-state index contributed by atoms with van der Waals surface area (Å²) in [6, 6.07) is 0. The quantitative estimate of drug-likeness (QED) is 0.678. The maximum absolute atomic E-state index is 10.2. The largest absolute Gasteiger partial charge is 0.478 e. The van der Waals surface area contributed by atoms with Crippen molar-refractivity contribution in [3.8, 4) is 0 Å². The van der Waals surface area contributed by atoms with Crippen LogP contribution in [-0.4, -0.2) is 11.1 Å². The first kappa shape index (κ1) is 10.3. The first-order valence-corrected chi connectivity index (χ1v) is 5.18. The lowest BCUT2D eigenvalue weighted by Gasteiger charge is -2.20. The molecule has 0 aromatic carbocycles. The molecular formula is C11H18O2. The Balaban J connectivity index is 2.07. The number of allylic oxidation sites excluding steroid dienone is 1. The summed E-state index contributed by atoms with van der Waals surface area (Å²) in [5.41, 5.74) is 0. The highest BCUT2D eigenvalue weighted by Crippen LogP contribution is 2.27. The Kier molecular flexibility index (Phi) is 4.58. The summed E-state index contributed by atoms with van der Waals surface area (Å²) < 4.78 is 0. The third-order valence-corrected chi connectivity index (χ3v) is 2.73. The summed E-state index contributed by atoms with van der Waals surface area (Å²) in [4.78, 5) is 10.2. The van der Waals surface area contributed by atoms with Crippen LogP contribution in [0.1, 0.15) is 44.9 Å². The van der Waals surface area contributed by atoms with Gasteiger partial charge in [0.15, 0.2) is 0 Å². The zero-order chi connectivity index (χ0) is 9.52. The third kappa shape index (κ3) is 4.71. The minimum Gasteiger partial charge on any atom is -0.478 e. The van der Waals surface area contributed by atoms with Gasteiger partial charge in [0.2, 0.25) is 0 Å². The Morgan fingerprint density at radius 1 is 1.31 bits per heavy atom. The molecule has 0 bridgehead atoms. The molecule has 0 aliphatic heterocycles. The highest BCUT2D eigenvalue weighted by atomic mass is 16.4. The van der Waals surface area contributed by atoms with Crippen molar-refractivity contribution in [1.82, 2.24) is 0 Å². The van der Waals surface area contributed by atoms with E-state index < -0.39 is 5.97 Å². The standard InChI is InChI=1S/C11H18O2/c12-11(13)9-5-4-8-10-6-2-1-3-7-10/h5,9-10H,1-4,6-8H2,(H,12,13)/b9-5+. The van der Waals surface area contributed by atoms with Crippen molar-refractivity contribution in [3.05, 3.63) is 12.2 Å². The highest BCUT2D eigenvalue weighted by molar-refractivity contribution is 5.79. The van der Waals surface area contributed by atoms with Crippen molar-refractivity contribution in [2.75, 3.05) is 0 Å². The molecule has 74 valence electrons. The number of hydrogen-bond acceptors (Lipinski definition) is 1. The second-order valence-electron chi connectivity index (χ2n) is 3.82. The second-order valence-corrected chi connectivity index (χ2v) is 3.82. The number of carbonyl (C=O) groups is 1. The van der Waals surface area contributed by atoms with E-state index in [1.165, 1.54) is 44.6 Å². The third-order valence-electron chi connectivity index (χ3n) is 2.73. The number of rotatable bonds is 4. The molecular weight excluding hydrogens is 164 g/mol. The Morgan fingerprint density at radius 3 is 2.62 bits per heavy atom. The minimum absolute atomic E-state index is 0.830. The molecule has 1 saturated carbocycles. The molecule has 2 heteroatoms. The molecule has 0 unspecified atom stereocenters. The first-order valence-electron chi connectivity index (χ1n) is 5.18. The van der Waals surface area contributed by atoms with Gasteiger partial charge in [0.25, 0.3) is 0 Å². The van der Waals surface area contributed by atoms with Crippen molar-refractivity contribution in [2.45, 2.75) is 44.9 Å². The number of carboxylic acid groups (broad SMARTS) is 1. The average Bonchev–Trinajstić information content (AvgIpc) is 2.14. The van der Waals surface area contributed by atoms with E-state index in [9.17, 15) is 4.79 Å². The van der Waals surface area contributed by atoms with Gasteiger partial charge in [0.05, 0.1) is 0 Å². The van der Waals surface area contributed by atoms with E-state index in [0.29, 0.717) is 0 Å². The fourth-order valence-electron chi connectivity index (χ4n) is 1.99. The fraction of sp³-hybridized carbons (Fsp3) is 0.727. The van der Waals surface area contributed by atoms with Gasteiger partial charge >= 0.3 is 5.97 Å². The van der Waals surface area contributed by atoms with Crippen LogP contribution >= 0.6 is 0 Å². The van der Waals surface area contributed by atoms with E-state index in [4.69, 9.17) is 5.11 Å². The molecule has 1 rings (SSSR count). The molecule has 2 nitrogen and oxygen atoms in total. The molecule has 0 amide bonds. The molecule has 0 saturated heterocycles. The summed E-state index contributed by atoms with van der Waals surface area (Å²) in [6.45, 7) is 0. The van der Waals surface area contributed by atoms with Gasteiger partial charge in [-0.1, -0.05) is 38.2 Å². The van der Waals surface area contributed by atoms with Crippen LogP contribution in [0.5, 0.6) is 0 Å². The Bertz CT molecular complexity index is 179. The smallest absolute Gasteiger partial charge is 0.327 e. The zero-order valence-electron chi connectivity index (χ0n) is 8.04. The van der Waals surface area contributed by atoms with E-state index in [1.54, 1.807) is 6.08 Å². The van der Waals surface area contributed by atoms with Crippen LogP contribution in [0.4, 0.5) is 0 Å². The van der Waals surface area contributed by atoms with E-state index >= 15 is 0 Å².